The Morgan fingerprint density at radius 3 is 2.39 bits per heavy atom. The number of fused-ring (bicyclic) bond motifs is 2. The fourth-order valence-corrected chi connectivity index (χ4v) is 5.62. The third kappa shape index (κ3) is 4.14. The quantitative estimate of drug-likeness (QED) is 0.414. The monoisotopic (exact) mass is 510 g/mol. The summed E-state index contributed by atoms with van der Waals surface area (Å²) in [6.45, 7) is 0.190. The number of nitrogens with one attached hydrogen (secondary N) is 1. The van der Waals surface area contributed by atoms with E-state index in [1.165, 1.54) is 48.1 Å². The molecule has 0 radical (unpaired) electrons. The standard InChI is InChI=1S/C26H20F2N2O5S/c1-35-13-16-4-8-20-23(10-16)36(33,34)14-21(29-20)24-25(31)19-11-18(28)7-9-22(19)30(26(24)32)12-15-2-5-17(27)6-3-15/h2-11,14,29,31H,12-13H2,1H3. The van der Waals surface area contributed by atoms with Crippen molar-refractivity contribution in [2.45, 2.75) is 18.0 Å². The molecule has 0 saturated carbocycles. The number of aromatic hydroxyl groups is 1. The number of sulfone groups is 1. The van der Waals surface area contributed by atoms with Gasteiger partial charge in [0.25, 0.3) is 5.56 Å². The van der Waals surface area contributed by atoms with E-state index in [1.807, 2.05) is 0 Å². The molecule has 4 aromatic rings. The number of benzene rings is 3. The smallest absolute Gasteiger partial charge is 0.264 e. The van der Waals surface area contributed by atoms with Crippen molar-refractivity contribution >= 4 is 32.1 Å². The number of aromatic nitrogens is 1. The summed E-state index contributed by atoms with van der Waals surface area (Å²) in [4.78, 5) is 13.7. The van der Waals surface area contributed by atoms with E-state index in [9.17, 15) is 27.1 Å². The lowest BCUT2D eigenvalue weighted by atomic mass is 10.1. The Labute approximate surface area is 204 Å². The third-order valence-corrected chi connectivity index (χ3v) is 7.43. The SMILES string of the molecule is COCc1ccc2c(c1)S(=O)(=O)C=C(c1c(O)c3cc(F)ccc3n(Cc3ccc(F)cc3)c1=O)N2. The molecule has 3 aromatic carbocycles. The first-order valence-electron chi connectivity index (χ1n) is 10.8. The first-order valence-corrected chi connectivity index (χ1v) is 12.4. The molecular weight excluding hydrogens is 490 g/mol. The van der Waals surface area contributed by atoms with Crippen LogP contribution in [-0.4, -0.2) is 25.2 Å². The van der Waals surface area contributed by atoms with Crippen molar-refractivity contribution in [1.29, 1.82) is 0 Å². The molecule has 5 rings (SSSR count). The zero-order valence-electron chi connectivity index (χ0n) is 19.0. The Kier molecular flexibility index (Phi) is 5.85. The summed E-state index contributed by atoms with van der Waals surface area (Å²) >= 11 is 0. The fraction of sp³-hybridized carbons (Fsp3) is 0.115. The lowest BCUT2D eigenvalue weighted by Gasteiger charge is -2.22. The van der Waals surface area contributed by atoms with Gasteiger partial charge in [-0.2, -0.15) is 0 Å². The summed E-state index contributed by atoms with van der Waals surface area (Å²) in [6.07, 6.45) is 0. The molecule has 1 aromatic heterocycles. The van der Waals surface area contributed by atoms with E-state index in [-0.39, 0.29) is 45.9 Å². The Morgan fingerprint density at radius 1 is 0.972 bits per heavy atom. The van der Waals surface area contributed by atoms with Crippen molar-refractivity contribution in [2.75, 3.05) is 12.4 Å². The average Bonchev–Trinajstić information content (AvgIpc) is 2.83. The summed E-state index contributed by atoms with van der Waals surface area (Å²) < 4.78 is 60.1. The molecule has 0 saturated heterocycles. The van der Waals surface area contributed by atoms with Gasteiger partial charge in [-0.05, 0) is 53.6 Å². The summed E-state index contributed by atoms with van der Waals surface area (Å²) in [6, 6.07) is 13.8. The van der Waals surface area contributed by atoms with Crippen molar-refractivity contribution in [2.24, 2.45) is 0 Å². The molecule has 0 unspecified atom stereocenters. The largest absolute Gasteiger partial charge is 0.506 e. The van der Waals surface area contributed by atoms with Gasteiger partial charge in [-0.25, -0.2) is 17.2 Å². The zero-order chi connectivity index (χ0) is 25.6. The maximum atomic E-state index is 14.1. The van der Waals surface area contributed by atoms with E-state index < -0.39 is 32.8 Å². The molecule has 2 heterocycles. The molecule has 1 aliphatic rings. The summed E-state index contributed by atoms with van der Waals surface area (Å²) in [5, 5.41) is 14.9. The number of anilines is 1. The van der Waals surface area contributed by atoms with Gasteiger partial charge in [-0.1, -0.05) is 18.2 Å². The van der Waals surface area contributed by atoms with Crippen LogP contribution in [0.2, 0.25) is 0 Å². The Hall–Kier alpha value is -4.02. The molecule has 184 valence electrons. The molecule has 0 aliphatic carbocycles. The van der Waals surface area contributed by atoms with Gasteiger partial charge in [0.1, 0.15) is 22.9 Å². The van der Waals surface area contributed by atoms with Crippen molar-refractivity contribution in [1.82, 2.24) is 4.57 Å². The highest BCUT2D eigenvalue weighted by atomic mass is 32.2. The predicted octanol–water partition coefficient (Wildman–Crippen LogP) is 4.38. The van der Waals surface area contributed by atoms with Crippen molar-refractivity contribution in [3.05, 3.63) is 105 Å². The minimum Gasteiger partial charge on any atom is -0.506 e. The van der Waals surface area contributed by atoms with Crippen LogP contribution in [0.3, 0.4) is 0 Å². The molecular formula is C26H20F2N2O5S. The van der Waals surface area contributed by atoms with Crippen LogP contribution in [0.5, 0.6) is 5.75 Å². The average molecular weight is 511 g/mol. The fourth-order valence-electron chi connectivity index (χ4n) is 4.26. The van der Waals surface area contributed by atoms with Gasteiger partial charge in [0.15, 0.2) is 0 Å². The van der Waals surface area contributed by atoms with E-state index in [0.29, 0.717) is 11.1 Å². The van der Waals surface area contributed by atoms with Gasteiger partial charge in [-0.3, -0.25) is 4.79 Å². The maximum Gasteiger partial charge on any atom is 0.264 e. The van der Waals surface area contributed by atoms with Gasteiger partial charge in [0.2, 0.25) is 9.84 Å². The van der Waals surface area contributed by atoms with Crippen molar-refractivity contribution < 1.29 is 27.0 Å². The molecule has 2 N–H and O–H groups in total. The normalized spacial score (nSPS) is 14.2. The van der Waals surface area contributed by atoms with Crippen molar-refractivity contribution in [3.63, 3.8) is 0 Å². The zero-order valence-corrected chi connectivity index (χ0v) is 19.8. The van der Waals surface area contributed by atoms with Gasteiger partial charge in [-0.15, -0.1) is 0 Å². The molecule has 1 aliphatic heterocycles. The number of pyridine rings is 1. The number of ether oxygens (including phenoxy) is 1. The van der Waals surface area contributed by atoms with E-state index in [4.69, 9.17) is 4.74 Å². The van der Waals surface area contributed by atoms with Gasteiger partial charge in [0.05, 0.1) is 40.4 Å². The molecule has 0 amide bonds. The topological polar surface area (TPSA) is 97.6 Å². The third-order valence-electron chi connectivity index (χ3n) is 5.93. The van der Waals surface area contributed by atoms with Crippen LogP contribution in [0.25, 0.3) is 16.6 Å². The number of rotatable bonds is 5. The number of nitrogens with zero attached hydrogens (tertiary/aromatic N) is 1. The van der Waals surface area contributed by atoms with E-state index >= 15 is 0 Å². The van der Waals surface area contributed by atoms with E-state index in [2.05, 4.69) is 5.32 Å². The summed E-state index contributed by atoms with van der Waals surface area (Å²) in [5.41, 5.74) is 0.490. The molecule has 10 heteroatoms. The number of halogens is 2. The molecule has 0 bridgehead atoms. The van der Waals surface area contributed by atoms with Crippen LogP contribution in [0, 0.1) is 11.6 Å². The first-order chi connectivity index (χ1) is 17.2. The van der Waals surface area contributed by atoms with Crippen LogP contribution in [0.1, 0.15) is 16.7 Å². The van der Waals surface area contributed by atoms with Crippen LogP contribution in [-0.2, 0) is 27.7 Å². The molecule has 0 fully saturated rings. The maximum absolute atomic E-state index is 14.1. The lowest BCUT2D eigenvalue weighted by molar-refractivity contribution is 0.184. The highest BCUT2D eigenvalue weighted by Gasteiger charge is 2.29. The summed E-state index contributed by atoms with van der Waals surface area (Å²) in [7, 11) is -2.51. The first kappa shape index (κ1) is 23.7. The number of hydrogen-bond acceptors (Lipinski definition) is 6. The molecule has 0 spiro atoms. The highest BCUT2D eigenvalue weighted by Crippen LogP contribution is 2.37. The van der Waals surface area contributed by atoms with Gasteiger partial charge >= 0.3 is 0 Å². The lowest BCUT2D eigenvalue weighted by Crippen LogP contribution is -2.27. The second kappa shape index (κ2) is 8.89. The Balaban J connectivity index is 1.72. The van der Waals surface area contributed by atoms with Crippen LogP contribution in [0.15, 0.2) is 75.8 Å². The van der Waals surface area contributed by atoms with Crippen LogP contribution in [0.4, 0.5) is 14.5 Å². The van der Waals surface area contributed by atoms with Crippen molar-refractivity contribution in [3.8, 4) is 5.75 Å². The van der Waals surface area contributed by atoms with Crippen LogP contribution < -0.4 is 10.9 Å². The molecule has 7 nitrogen and oxygen atoms in total. The second-order valence-corrected chi connectivity index (χ2v) is 10.1. The van der Waals surface area contributed by atoms with Crippen LogP contribution >= 0.6 is 0 Å². The minimum atomic E-state index is -4.01. The molecule has 36 heavy (non-hydrogen) atoms. The highest BCUT2D eigenvalue weighted by molar-refractivity contribution is 7.94. The van der Waals surface area contributed by atoms with E-state index in [0.717, 1.165) is 17.5 Å². The minimum absolute atomic E-state index is 0.00115. The number of methoxy groups -OCH3 is 1. The molecule has 0 atom stereocenters. The Bertz CT molecular complexity index is 1710. The number of hydrogen-bond donors (Lipinski definition) is 2. The van der Waals surface area contributed by atoms with E-state index in [1.54, 1.807) is 12.1 Å². The summed E-state index contributed by atoms with van der Waals surface area (Å²) in [5.74, 6) is -1.65. The van der Waals surface area contributed by atoms with Gasteiger partial charge < -0.3 is 19.7 Å². The second-order valence-electron chi connectivity index (χ2n) is 8.37. The Morgan fingerprint density at radius 2 is 1.67 bits per heavy atom. The predicted molar refractivity (Wildman–Crippen MR) is 131 cm³/mol. The van der Waals surface area contributed by atoms with Gasteiger partial charge in [0, 0.05) is 12.5 Å².